The molecule has 5 rings (SSSR count). The highest BCUT2D eigenvalue weighted by atomic mass is 32.2. The van der Waals surface area contributed by atoms with Crippen molar-refractivity contribution in [2.75, 3.05) is 12.5 Å². The zero-order chi connectivity index (χ0) is 21.3. The van der Waals surface area contributed by atoms with E-state index in [-0.39, 0.29) is 5.41 Å². The second-order valence-corrected chi connectivity index (χ2v) is 9.98. The fraction of sp³-hybridized carbons (Fsp3) is 0.172. The first kappa shape index (κ1) is 20.5. The van der Waals surface area contributed by atoms with Crippen LogP contribution in [-0.2, 0) is 18.3 Å². The molecule has 0 N–H and O–H groups in total. The molecule has 154 valence electrons. The third-order valence-corrected chi connectivity index (χ3v) is 7.99. The largest absolute Gasteiger partial charge is 0.130 e. The lowest BCUT2D eigenvalue weighted by atomic mass is 9.69. The Morgan fingerprint density at radius 3 is 1.29 bits per heavy atom. The minimum absolute atomic E-state index is 0.0606. The summed E-state index contributed by atoms with van der Waals surface area (Å²) in [6.45, 7) is 0. The van der Waals surface area contributed by atoms with Crippen molar-refractivity contribution in [1.82, 2.24) is 0 Å². The Balaban J connectivity index is 1.67. The number of hydrogen-bond acceptors (Lipinski definition) is 2. The SMILES string of the molecule is CSc1ccc(CC2(Cc3ccc(SC)cc3)c3ccccc3-c3ccccc32)cc1. The molecule has 4 aromatic rings. The Kier molecular flexibility index (Phi) is 5.69. The smallest absolute Gasteiger partial charge is 0.0295 e. The van der Waals surface area contributed by atoms with Crippen LogP contribution in [0.2, 0.25) is 0 Å². The van der Waals surface area contributed by atoms with E-state index in [0.717, 1.165) is 12.8 Å². The summed E-state index contributed by atoms with van der Waals surface area (Å²) in [5.74, 6) is 0. The number of rotatable bonds is 6. The van der Waals surface area contributed by atoms with E-state index in [2.05, 4.69) is 110 Å². The fourth-order valence-corrected chi connectivity index (χ4v) is 5.86. The van der Waals surface area contributed by atoms with Crippen LogP contribution in [-0.4, -0.2) is 12.5 Å². The van der Waals surface area contributed by atoms with Gasteiger partial charge in [0, 0.05) is 15.2 Å². The molecule has 0 saturated heterocycles. The lowest BCUT2D eigenvalue weighted by molar-refractivity contribution is 0.519. The van der Waals surface area contributed by atoms with Crippen molar-refractivity contribution in [2.45, 2.75) is 28.0 Å². The van der Waals surface area contributed by atoms with Gasteiger partial charge in [-0.2, -0.15) is 0 Å². The molecular formula is C29H26S2. The molecule has 0 aliphatic heterocycles. The first-order valence-electron chi connectivity index (χ1n) is 10.7. The maximum Gasteiger partial charge on any atom is 0.0295 e. The number of fused-ring (bicyclic) bond motifs is 3. The Hall–Kier alpha value is -2.42. The molecule has 0 nitrogen and oxygen atoms in total. The van der Waals surface area contributed by atoms with Crippen LogP contribution >= 0.6 is 23.5 Å². The van der Waals surface area contributed by atoms with Gasteiger partial charge in [-0.3, -0.25) is 0 Å². The predicted octanol–water partition coefficient (Wildman–Crippen LogP) is 7.88. The van der Waals surface area contributed by atoms with Crippen molar-refractivity contribution in [1.29, 1.82) is 0 Å². The molecule has 0 atom stereocenters. The first-order chi connectivity index (χ1) is 15.2. The van der Waals surface area contributed by atoms with Crippen LogP contribution in [0.5, 0.6) is 0 Å². The molecule has 0 aromatic heterocycles. The van der Waals surface area contributed by atoms with Crippen LogP contribution in [0.15, 0.2) is 107 Å². The molecule has 0 heterocycles. The van der Waals surface area contributed by atoms with Gasteiger partial charge in [0.15, 0.2) is 0 Å². The summed E-state index contributed by atoms with van der Waals surface area (Å²) < 4.78 is 0. The normalized spacial score (nSPS) is 13.6. The number of thioether (sulfide) groups is 2. The Labute approximate surface area is 194 Å². The van der Waals surface area contributed by atoms with E-state index in [4.69, 9.17) is 0 Å². The van der Waals surface area contributed by atoms with Crippen molar-refractivity contribution in [3.63, 3.8) is 0 Å². The number of hydrogen-bond donors (Lipinski definition) is 0. The molecule has 0 spiro atoms. The quantitative estimate of drug-likeness (QED) is 0.281. The summed E-state index contributed by atoms with van der Waals surface area (Å²) in [6.07, 6.45) is 6.27. The van der Waals surface area contributed by atoms with E-state index in [9.17, 15) is 0 Å². The highest BCUT2D eigenvalue weighted by Crippen LogP contribution is 2.52. The molecule has 0 unspecified atom stereocenters. The van der Waals surface area contributed by atoms with E-state index in [0.29, 0.717) is 0 Å². The van der Waals surface area contributed by atoms with E-state index < -0.39 is 0 Å². The summed E-state index contributed by atoms with van der Waals surface area (Å²) in [6, 6.07) is 36.3. The second-order valence-electron chi connectivity index (χ2n) is 8.22. The van der Waals surface area contributed by atoms with Crippen LogP contribution in [0, 0.1) is 0 Å². The van der Waals surface area contributed by atoms with E-state index >= 15 is 0 Å². The molecule has 0 radical (unpaired) electrons. The molecule has 4 aromatic carbocycles. The molecule has 0 amide bonds. The molecule has 1 aliphatic rings. The van der Waals surface area contributed by atoms with Gasteiger partial charge in [-0.05, 0) is 83.0 Å². The molecule has 1 aliphatic carbocycles. The molecule has 31 heavy (non-hydrogen) atoms. The van der Waals surface area contributed by atoms with Crippen LogP contribution in [0.25, 0.3) is 11.1 Å². The van der Waals surface area contributed by atoms with Gasteiger partial charge in [0.25, 0.3) is 0 Å². The van der Waals surface area contributed by atoms with Gasteiger partial charge in [0.1, 0.15) is 0 Å². The Morgan fingerprint density at radius 1 is 0.516 bits per heavy atom. The molecular weight excluding hydrogens is 412 g/mol. The lowest BCUT2D eigenvalue weighted by Gasteiger charge is -2.33. The molecule has 0 bridgehead atoms. The Morgan fingerprint density at radius 2 is 0.903 bits per heavy atom. The van der Waals surface area contributed by atoms with Crippen molar-refractivity contribution in [2.24, 2.45) is 0 Å². The monoisotopic (exact) mass is 438 g/mol. The molecule has 2 heteroatoms. The Bertz CT molecular complexity index is 1090. The first-order valence-corrected chi connectivity index (χ1v) is 13.1. The van der Waals surface area contributed by atoms with E-state index in [1.165, 1.54) is 43.2 Å². The van der Waals surface area contributed by atoms with Gasteiger partial charge < -0.3 is 0 Å². The molecule has 0 saturated carbocycles. The van der Waals surface area contributed by atoms with Crippen molar-refractivity contribution in [3.05, 3.63) is 119 Å². The summed E-state index contributed by atoms with van der Waals surface area (Å²) in [7, 11) is 0. The van der Waals surface area contributed by atoms with E-state index in [1.54, 1.807) is 23.5 Å². The summed E-state index contributed by atoms with van der Waals surface area (Å²) >= 11 is 3.60. The van der Waals surface area contributed by atoms with Gasteiger partial charge in [-0.1, -0.05) is 72.8 Å². The van der Waals surface area contributed by atoms with Crippen LogP contribution < -0.4 is 0 Å². The minimum Gasteiger partial charge on any atom is -0.130 e. The molecule has 0 fully saturated rings. The van der Waals surface area contributed by atoms with Gasteiger partial charge in [-0.25, -0.2) is 0 Å². The maximum atomic E-state index is 2.35. The third kappa shape index (κ3) is 3.73. The highest BCUT2D eigenvalue weighted by molar-refractivity contribution is 7.98. The second kappa shape index (κ2) is 8.61. The predicted molar refractivity (Wildman–Crippen MR) is 137 cm³/mol. The summed E-state index contributed by atoms with van der Waals surface area (Å²) in [4.78, 5) is 2.63. The average Bonchev–Trinajstić information content (AvgIpc) is 3.10. The van der Waals surface area contributed by atoms with E-state index in [1.807, 2.05) is 0 Å². The van der Waals surface area contributed by atoms with Crippen molar-refractivity contribution >= 4 is 23.5 Å². The summed E-state index contributed by atoms with van der Waals surface area (Å²) in [5, 5.41) is 0. The highest BCUT2D eigenvalue weighted by Gasteiger charge is 2.42. The zero-order valence-electron chi connectivity index (χ0n) is 18.0. The minimum atomic E-state index is -0.0606. The fourth-order valence-electron chi connectivity index (χ4n) is 5.04. The topological polar surface area (TPSA) is 0 Å². The summed E-state index contributed by atoms with van der Waals surface area (Å²) in [5.41, 5.74) is 8.42. The third-order valence-electron chi connectivity index (χ3n) is 6.51. The van der Waals surface area contributed by atoms with Gasteiger partial charge in [0.2, 0.25) is 0 Å². The van der Waals surface area contributed by atoms with Gasteiger partial charge in [-0.15, -0.1) is 23.5 Å². The van der Waals surface area contributed by atoms with Crippen LogP contribution in [0.1, 0.15) is 22.3 Å². The number of benzene rings is 4. The van der Waals surface area contributed by atoms with Crippen LogP contribution in [0.4, 0.5) is 0 Å². The van der Waals surface area contributed by atoms with Crippen molar-refractivity contribution in [3.8, 4) is 11.1 Å². The standard InChI is InChI=1S/C29H26S2/c1-30-23-15-11-21(12-16-23)19-29(20-22-13-17-24(31-2)18-14-22)27-9-5-3-7-25(27)26-8-4-6-10-28(26)29/h3-18H,19-20H2,1-2H3. The lowest BCUT2D eigenvalue weighted by Crippen LogP contribution is -2.31. The average molecular weight is 439 g/mol. The van der Waals surface area contributed by atoms with Crippen LogP contribution in [0.3, 0.4) is 0 Å². The zero-order valence-corrected chi connectivity index (χ0v) is 19.6. The van der Waals surface area contributed by atoms with Gasteiger partial charge >= 0.3 is 0 Å². The van der Waals surface area contributed by atoms with Gasteiger partial charge in [0.05, 0.1) is 0 Å². The maximum absolute atomic E-state index is 2.35. The van der Waals surface area contributed by atoms with Crippen molar-refractivity contribution < 1.29 is 0 Å².